The van der Waals surface area contributed by atoms with E-state index in [1.54, 1.807) is 0 Å². The van der Waals surface area contributed by atoms with Crippen LogP contribution in [-0.2, 0) is 6.54 Å². The summed E-state index contributed by atoms with van der Waals surface area (Å²) in [5.74, 6) is 1.07. The van der Waals surface area contributed by atoms with Gasteiger partial charge >= 0.3 is 0 Å². The lowest BCUT2D eigenvalue weighted by Gasteiger charge is -2.34. The summed E-state index contributed by atoms with van der Waals surface area (Å²) in [5, 5.41) is 9.07. The predicted octanol–water partition coefficient (Wildman–Crippen LogP) is 1.82. The zero-order valence-electron chi connectivity index (χ0n) is 10.7. The molecule has 0 N–H and O–H groups in total. The first-order chi connectivity index (χ1) is 8.13. The van der Waals surface area contributed by atoms with Crippen molar-refractivity contribution in [3.8, 4) is 6.07 Å². The second kappa shape index (κ2) is 4.89. The molecule has 0 atom stereocenters. The van der Waals surface area contributed by atoms with E-state index in [1.165, 1.54) is 0 Å². The molecule has 0 aliphatic carbocycles. The van der Waals surface area contributed by atoms with Crippen LogP contribution in [0.2, 0.25) is 0 Å². The lowest BCUT2D eigenvalue weighted by Crippen LogP contribution is -2.39. The SMILES string of the molecule is Cc1nccn1CCN1CCC(C)(C#N)CC1. The number of hydrogen-bond acceptors (Lipinski definition) is 3. The maximum atomic E-state index is 9.07. The number of aryl methyl sites for hydroxylation is 1. The van der Waals surface area contributed by atoms with Gasteiger partial charge in [-0.25, -0.2) is 4.98 Å². The van der Waals surface area contributed by atoms with Crippen molar-refractivity contribution in [2.75, 3.05) is 19.6 Å². The molecule has 2 rings (SSSR count). The molecule has 0 unspecified atom stereocenters. The molecule has 0 saturated carbocycles. The first kappa shape index (κ1) is 12.1. The number of nitriles is 1. The first-order valence-corrected chi connectivity index (χ1v) is 6.24. The molecule has 4 nitrogen and oxygen atoms in total. The number of likely N-dealkylation sites (tertiary alicyclic amines) is 1. The van der Waals surface area contributed by atoms with Gasteiger partial charge in [-0.3, -0.25) is 0 Å². The molecule has 4 heteroatoms. The van der Waals surface area contributed by atoms with E-state index in [2.05, 4.69) is 27.4 Å². The van der Waals surface area contributed by atoms with E-state index in [0.717, 1.165) is 44.8 Å². The minimum atomic E-state index is -0.0958. The molecule has 1 aliphatic heterocycles. The first-order valence-electron chi connectivity index (χ1n) is 6.24. The summed E-state index contributed by atoms with van der Waals surface area (Å²) in [5.41, 5.74) is -0.0958. The van der Waals surface area contributed by atoms with E-state index < -0.39 is 0 Å². The Hall–Kier alpha value is -1.34. The van der Waals surface area contributed by atoms with E-state index in [4.69, 9.17) is 5.26 Å². The zero-order chi connectivity index (χ0) is 12.3. The number of hydrogen-bond donors (Lipinski definition) is 0. The molecule has 92 valence electrons. The van der Waals surface area contributed by atoms with Gasteiger partial charge in [-0.15, -0.1) is 0 Å². The van der Waals surface area contributed by atoms with Crippen LogP contribution in [0.3, 0.4) is 0 Å². The summed E-state index contributed by atoms with van der Waals surface area (Å²) < 4.78 is 2.18. The maximum absolute atomic E-state index is 9.07. The Balaban J connectivity index is 1.80. The molecule has 0 amide bonds. The Labute approximate surface area is 103 Å². The highest BCUT2D eigenvalue weighted by Crippen LogP contribution is 2.29. The van der Waals surface area contributed by atoms with E-state index in [9.17, 15) is 0 Å². The molecule has 1 fully saturated rings. The molecule has 0 bridgehead atoms. The fourth-order valence-corrected chi connectivity index (χ4v) is 2.27. The third kappa shape index (κ3) is 2.86. The number of nitrogens with zero attached hydrogens (tertiary/aromatic N) is 4. The molecular weight excluding hydrogens is 212 g/mol. The summed E-state index contributed by atoms with van der Waals surface area (Å²) >= 11 is 0. The number of imidazole rings is 1. The van der Waals surface area contributed by atoms with Crippen molar-refractivity contribution in [1.29, 1.82) is 5.26 Å². The van der Waals surface area contributed by atoms with Crippen molar-refractivity contribution in [2.45, 2.75) is 33.2 Å². The van der Waals surface area contributed by atoms with Crippen molar-refractivity contribution >= 4 is 0 Å². The minimum Gasteiger partial charge on any atom is -0.334 e. The fraction of sp³-hybridized carbons (Fsp3) is 0.692. The van der Waals surface area contributed by atoms with Gasteiger partial charge in [-0.2, -0.15) is 5.26 Å². The van der Waals surface area contributed by atoms with E-state index >= 15 is 0 Å². The monoisotopic (exact) mass is 232 g/mol. The molecule has 1 aromatic heterocycles. The van der Waals surface area contributed by atoms with Gasteiger partial charge in [-0.05, 0) is 39.8 Å². The number of piperidine rings is 1. The second-order valence-electron chi connectivity index (χ2n) is 5.18. The highest BCUT2D eigenvalue weighted by Gasteiger charge is 2.29. The summed E-state index contributed by atoms with van der Waals surface area (Å²) in [6.45, 7) is 8.23. The van der Waals surface area contributed by atoms with Gasteiger partial charge in [-0.1, -0.05) is 0 Å². The predicted molar refractivity (Wildman–Crippen MR) is 66.4 cm³/mol. The van der Waals surface area contributed by atoms with Gasteiger partial charge in [0, 0.05) is 25.5 Å². The van der Waals surface area contributed by atoms with Crippen LogP contribution in [0.1, 0.15) is 25.6 Å². The van der Waals surface area contributed by atoms with Crippen molar-refractivity contribution in [1.82, 2.24) is 14.5 Å². The van der Waals surface area contributed by atoms with Crippen molar-refractivity contribution in [2.24, 2.45) is 5.41 Å². The van der Waals surface area contributed by atoms with E-state index in [0.29, 0.717) is 0 Å². The van der Waals surface area contributed by atoms with Crippen molar-refractivity contribution in [3.63, 3.8) is 0 Å². The van der Waals surface area contributed by atoms with Crippen LogP contribution >= 0.6 is 0 Å². The minimum absolute atomic E-state index is 0.0958. The lowest BCUT2D eigenvalue weighted by molar-refractivity contribution is 0.152. The molecule has 0 spiro atoms. The van der Waals surface area contributed by atoms with Crippen molar-refractivity contribution in [3.05, 3.63) is 18.2 Å². The van der Waals surface area contributed by atoms with Gasteiger partial charge in [0.15, 0.2) is 0 Å². The quantitative estimate of drug-likeness (QED) is 0.798. The second-order valence-corrected chi connectivity index (χ2v) is 5.18. The highest BCUT2D eigenvalue weighted by molar-refractivity contribution is 4.98. The van der Waals surface area contributed by atoms with Crippen LogP contribution in [0.25, 0.3) is 0 Å². The third-order valence-electron chi connectivity index (χ3n) is 3.81. The molecule has 1 aromatic rings. The van der Waals surface area contributed by atoms with Gasteiger partial charge in [0.05, 0.1) is 11.5 Å². The number of rotatable bonds is 3. The Morgan fingerprint density at radius 1 is 1.41 bits per heavy atom. The van der Waals surface area contributed by atoms with E-state index in [1.807, 2.05) is 19.3 Å². The Kier molecular flexibility index (Phi) is 3.49. The van der Waals surface area contributed by atoms with Gasteiger partial charge in [0.25, 0.3) is 0 Å². The van der Waals surface area contributed by atoms with Crippen LogP contribution < -0.4 is 0 Å². The standard InChI is InChI=1S/C13H20N4/c1-12-15-5-8-17(12)10-9-16-6-3-13(2,11-14)4-7-16/h5,8H,3-4,6-7,9-10H2,1-2H3. The highest BCUT2D eigenvalue weighted by atomic mass is 15.2. The smallest absolute Gasteiger partial charge is 0.105 e. The van der Waals surface area contributed by atoms with Crippen LogP contribution in [0.4, 0.5) is 0 Å². The topological polar surface area (TPSA) is 44.9 Å². The molecule has 0 aromatic carbocycles. The Bertz CT molecular complexity index is 407. The summed E-state index contributed by atoms with van der Waals surface area (Å²) in [7, 11) is 0. The molecular formula is C13H20N4. The summed E-state index contributed by atoms with van der Waals surface area (Å²) in [6, 6.07) is 2.44. The molecule has 0 radical (unpaired) electrons. The maximum Gasteiger partial charge on any atom is 0.105 e. The molecule has 17 heavy (non-hydrogen) atoms. The molecule has 1 aliphatic rings. The fourth-order valence-electron chi connectivity index (χ4n) is 2.27. The van der Waals surface area contributed by atoms with Crippen LogP contribution in [0.5, 0.6) is 0 Å². The van der Waals surface area contributed by atoms with Gasteiger partial charge in [0.1, 0.15) is 5.82 Å². The third-order valence-corrected chi connectivity index (χ3v) is 3.81. The van der Waals surface area contributed by atoms with Crippen LogP contribution in [0.15, 0.2) is 12.4 Å². The number of aromatic nitrogens is 2. The van der Waals surface area contributed by atoms with Crippen LogP contribution in [-0.4, -0.2) is 34.1 Å². The molecule has 1 saturated heterocycles. The van der Waals surface area contributed by atoms with Crippen molar-refractivity contribution < 1.29 is 0 Å². The summed E-state index contributed by atoms with van der Waals surface area (Å²) in [6.07, 6.45) is 5.86. The largest absolute Gasteiger partial charge is 0.334 e. The van der Waals surface area contributed by atoms with Gasteiger partial charge < -0.3 is 9.47 Å². The Morgan fingerprint density at radius 2 is 2.12 bits per heavy atom. The summed E-state index contributed by atoms with van der Waals surface area (Å²) in [4.78, 5) is 6.66. The van der Waals surface area contributed by atoms with E-state index in [-0.39, 0.29) is 5.41 Å². The zero-order valence-corrected chi connectivity index (χ0v) is 10.7. The molecule has 2 heterocycles. The average Bonchev–Trinajstić information content (AvgIpc) is 2.74. The van der Waals surface area contributed by atoms with Gasteiger partial charge in [0.2, 0.25) is 0 Å². The normalized spacial score (nSPS) is 20.1. The average molecular weight is 232 g/mol. The Morgan fingerprint density at radius 3 is 2.65 bits per heavy atom. The van der Waals surface area contributed by atoms with Crippen LogP contribution in [0, 0.1) is 23.7 Å². The lowest BCUT2D eigenvalue weighted by atomic mass is 9.82.